The predicted molar refractivity (Wildman–Crippen MR) is 105 cm³/mol. The van der Waals surface area contributed by atoms with Crippen LogP contribution in [0.3, 0.4) is 0 Å². The number of fused-ring (bicyclic) bond motifs is 1. The Labute approximate surface area is 160 Å². The molecule has 0 atom stereocenters. The molecule has 6 heteroatoms. The third-order valence-electron chi connectivity index (χ3n) is 5.51. The first-order valence-electron chi connectivity index (χ1n) is 9.73. The van der Waals surface area contributed by atoms with Crippen LogP contribution in [0.4, 0.5) is 5.82 Å². The van der Waals surface area contributed by atoms with E-state index < -0.39 is 0 Å². The Balaban J connectivity index is 1.51. The van der Waals surface area contributed by atoms with Gasteiger partial charge in [0, 0.05) is 58.3 Å². The molecule has 4 rings (SSSR count). The van der Waals surface area contributed by atoms with E-state index in [4.69, 9.17) is 9.97 Å². The predicted octanol–water partition coefficient (Wildman–Crippen LogP) is 2.01. The lowest BCUT2D eigenvalue weighted by atomic mass is 10.0. The monoisotopic (exact) mass is 365 g/mol. The van der Waals surface area contributed by atoms with Crippen molar-refractivity contribution in [1.29, 1.82) is 0 Å². The van der Waals surface area contributed by atoms with Crippen LogP contribution in [0.5, 0.6) is 0 Å². The fourth-order valence-electron chi connectivity index (χ4n) is 4.06. The minimum atomic E-state index is 0.159. The van der Waals surface area contributed by atoms with Gasteiger partial charge in [0.05, 0.1) is 5.69 Å². The van der Waals surface area contributed by atoms with E-state index in [1.807, 2.05) is 11.8 Å². The SMILES string of the molecule is CC(=O)N1CCN(c2nc(C)nc3c2CCN(Cc2ccccc2)C3)CC1. The summed E-state index contributed by atoms with van der Waals surface area (Å²) >= 11 is 0. The molecule has 1 fully saturated rings. The van der Waals surface area contributed by atoms with Gasteiger partial charge < -0.3 is 9.80 Å². The third-order valence-corrected chi connectivity index (χ3v) is 5.51. The van der Waals surface area contributed by atoms with E-state index in [-0.39, 0.29) is 5.91 Å². The summed E-state index contributed by atoms with van der Waals surface area (Å²) in [6.07, 6.45) is 0.977. The largest absolute Gasteiger partial charge is 0.353 e. The van der Waals surface area contributed by atoms with Crippen molar-refractivity contribution in [2.45, 2.75) is 33.4 Å². The number of piperazine rings is 1. The van der Waals surface area contributed by atoms with Gasteiger partial charge >= 0.3 is 0 Å². The minimum absolute atomic E-state index is 0.159. The van der Waals surface area contributed by atoms with Gasteiger partial charge in [0.2, 0.25) is 5.91 Å². The summed E-state index contributed by atoms with van der Waals surface area (Å²) in [5, 5.41) is 0. The summed E-state index contributed by atoms with van der Waals surface area (Å²) in [6.45, 7) is 9.70. The van der Waals surface area contributed by atoms with E-state index in [2.05, 4.69) is 40.1 Å². The average Bonchev–Trinajstić information content (AvgIpc) is 2.68. The number of aryl methyl sites for hydroxylation is 1. The Bertz CT molecular complexity index is 815. The fourth-order valence-corrected chi connectivity index (χ4v) is 4.06. The summed E-state index contributed by atoms with van der Waals surface area (Å²) in [7, 11) is 0. The highest BCUT2D eigenvalue weighted by molar-refractivity contribution is 5.73. The van der Waals surface area contributed by atoms with Crippen LogP contribution in [0.15, 0.2) is 30.3 Å². The van der Waals surface area contributed by atoms with Crippen LogP contribution in [-0.4, -0.2) is 58.4 Å². The molecule has 2 aromatic rings. The number of benzene rings is 1. The van der Waals surface area contributed by atoms with Crippen molar-refractivity contribution < 1.29 is 4.79 Å². The quantitative estimate of drug-likeness (QED) is 0.833. The molecule has 0 N–H and O–H groups in total. The number of hydrogen-bond acceptors (Lipinski definition) is 5. The fraction of sp³-hybridized carbons (Fsp3) is 0.476. The molecule has 1 aromatic carbocycles. The maximum Gasteiger partial charge on any atom is 0.219 e. The normalized spacial score (nSPS) is 17.7. The van der Waals surface area contributed by atoms with E-state index in [9.17, 15) is 4.79 Å². The van der Waals surface area contributed by atoms with Crippen LogP contribution in [-0.2, 0) is 24.3 Å². The highest BCUT2D eigenvalue weighted by Gasteiger charge is 2.27. The van der Waals surface area contributed by atoms with Crippen LogP contribution in [0.1, 0.15) is 29.6 Å². The van der Waals surface area contributed by atoms with Crippen LogP contribution in [0, 0.1) is 6.92 Å². The van der Waals surface area contributed by atoms with Gasteiger partial charge in [-0.15, -0.1) is 0 Å². The van der Waals surface area contributed by atoms with E-state index in [1.165, 1.54) is 11.1 Å². The molecule has 1 aromatic heterocycles. The summed E-state index contributed by atoms with van der Waals surface area (Å²) in [6, 6.07) is 10.6. The molecule has 0 saturated carbocycles. The molecular formula is C21H27N5O. The van der Waals surface area contributed by atoms with Gasteiger partial charge in [0.25, 0.3) is 0 Å². The van der Waals surface area contributed by atoms with Crippen molar-refractivity contribution in [3.8, 4) is 0 Å². The van der Waals surface area contributed by atoms with E-state index >= 15 is 0 Å². The van der Waals surface area contributed by atoms with Crippen LogP contribution in [0.2, 0.25) is 0 Å². The van der Waals surface area contributed by atoms with Gasteiger partial charge in [0.15, 0.2) is 0 Å². The van der Waals surface area contributed by atoms with Crippen molar-refractivity contribution in [1.82, 2.24) is 19.8 Å². The number of rotatable bonds is 3. The summed E-state index contributed by atoms with van der Waals surface area (Å²) in [5.41, 5.74) is 3.79. The molecule has 142 valence electrons. The van der Waals surface area contributed by atoms with Gasteiger partial charge in [-0.2, -0.15) is 0 Å². The molecular weight excluding hydrogens is 338 g/mol. The van der Waals surface area contributed by atoms with Crippen molar-refractivity contribution in [2.24, 2.45) is 0 Å². The number of amides is 1. The molecule has 2 aliphatic heterocycles. The zero-order valence-corrected chi connectivity index (χ0v) is 16.2. The van der Waals surface area contributed by atoms with Crippen molar-refractivity contribution in [2.75, 3.05) is 37.6 Å². The topological polar surface area (TPSA) is 52.6 Å². The van der Waals surface area contributed by atoms with Gasteiger partial charge in [0.1, 0.15) is 11.6 Å². The summed E-state index contributed by atoms with van der Waals surface area (Å²) in [4.78, 5) is 27.8. The zero-order valence-electron chi connectivity index (χ0n) is 16.2. The first-order valence-corrected chi connectivity index (χ1v) is 9.73. The molecule has 0 bridgehead atoms. The lowest BCUT2D eigenvalue weighted by molar-refractivity contribution is -0.129. The second kappa shape index (κ2) is 7.64. The Kier molecular flexibility index (Phi) is 5.07. The molecule has 0 spiro atoms. The van der Waals surface area contributed by atoms with E-state index in [1.54, 1.807) is 6.92 Å². The maximum atomic E-state index is 11.6. The lowest BCUT2D eigenvalue weighted by Crippen LogP contribution is -2.49. The number of anilines is 1. The first-order chi connectivity index (χ1) is 13.1. The molecule has 0 aliphatic carbocycles. The summed E-state index contributed by atoms with van der Waals surface area (Å²) < 4.78 is 0. The molecule has 0 radical (unpaired) electrons. The van der Waals surface area contributed by atoms with Crippen LogP contribution < -0.4 is 4.90 Å². The molecule has 1 saturated heterocycles. The number of aromatic nitrogens is 2. The second-order valence-corrected chi connectivity index (χ2v) is 7.46. The lowest BCUT2D eigenvalue weighted by Gasteiger charge is -2.37. The second-order valence-electron chi connectivity index (χ2n) is 7.46. The standard InChI is InChI=1S/C21H27N5O/c1-16-22-20-15-24(14-18-6-4-3-5-7-18)9-8-19(20)21(23-16)26-12-10-25(11-13-26)17(2)27/h3-7H,8-15H2,1-2H3. The Morgan fingerprint density at radius 2 is 1.78 bits per heavy atom. The van der Waals surface area contributed by atoms with E-state index in [0.29, 0.717) is 0 Å². The van der Waals surface area contributed by atoms with Crippen LogP contribution >= 0.6 is 0 Å². The first kappa shape index (κ1) is 17.9. The highest BCUT2D eigenvalue weighted by Crippen LogP contribution is 2.28. The highest BCUT2D eigenvalue weighted by atomic mass is 16.2. The smallest absolute Gasteiger partial charge is 0.219 e. The zero-order chi connectivity index (χ0) is 18.8. The molecule has 3 heterocycles. The number of hydrogen-bond donors (Lipinski definition) is 0. The average molecular weight is 365 g/mol. The van der Waals surface area contributed by atoms with Gasteiger partial charge in [-0.25, -0.2) is 9.97 Å². The van der Waals surface area contributed by atoms with E-state index in [0.717, 1.165) is 69.6 Å². The Morgan fingerprint density at radius 1 is 1.04 bits per heavy atom. The number of nitrogens with zero attached hydrogens (tertiary/aromatic N) is 5. The van der Waals surface area contributed by atoms with Crippen LogP contribution in [0.25, 0.3) is 0 Å². The molecule has 6 nitrogen and oxygen atoms in total. The third kappa shape index (κ3) is 3.95. The number of carbonyl (C=O) groups is 1. The maximum absolute atomic E-state index is 11.6. The molecule has 0 unspecified atom stereocenters. The van der Waals surface area contributed by atoms with Crippen molar-refractivity contribution in [3.63, 3.8) is 0 Å². The van der Waals surface area contributed by atoms with Gasteiger partial charge in [-0.05, 0) is 18.9 Å². The number of carbonyl (C=O) groups excluding carboxylic acids is 1. The molecule has 1 amide bonds. The molecule has 2 aliphatic rings. The van der Waals surface area contributed by atoms with Crippen molar-refractivity contribution >= 4 is 11.7 Å². The molecule has 27 heavy (non-hydrogen) atoms. The van der Waals surface area contributed by atoms with Crippen molar-refractivity contribution in [3.05, 3.63) is 53.0 Å². The summed E-state index contributed by atoms with van der Waals surface area (Å²) in [5.74, 6) is 2.08. The van der Waals surface area contributed by atoms with Gasteiger partial charge in [-0.3, -0.25) is 9.69 Å². The Hall–Kier alpha value is -2.47. The van der Waals surface area contributed by atoms with Gasteiger partial charge in [-0.1, -0.05) is 30.3 Å². The minimum Gasteiger partial charge on any atom is -0.353 e. The Morgan fingerprint density at radius 3 is 2.48 bits per heavy atom.